The molecule has 0 radical (unpaired) electrons. The van der Waals surface area contributed by atoms with E-state index in [1.54, 1.807) is 0 Å². The van der Waals surface area contributed by atoms with E-state index < -0.39 is 24.8 Å². The highest BCUT2D eigenvalue weighted by Gasteiger charge is 2.31. The van der Waals surface area contributed by atoms with Crippen molar-refractivity contribution in [2.75, 3.05) is 6.61 Å². The molecule has 114 valence electrons. The quantitative estimate of drug-likeness (QED) is 0.880. The second-order valence-electron chi connectivity index (χ2n) is 4.82. The van der Waals surface area contributed by atoms with Gasteiger partial charge in [-0.05, 0) is 11.6 Å². The van der Waals surface area contributed by atoms with E-state index in [4.69, 9.17) is 5.73 Å². The molecule has 2 N–H and O–H groups in total. The van der Waals surface area contributed by atoms with Crippen LogP contribution in [0.4, 0.5) is 13.2 Å². The summed E-state index contributed by atoms with van der Waals surface area (Å²) in [6.07, 6.45) is -2.62. The Balaban J connectivity index is 2.08. The molecule has 1 aromatic heterocycles. The van der Waals surface area contributed by atoms with Crippen LogP contribution < -0.4 is 5.73 Å². The lowest BCUT2D eigenvalue weighted by Crippen LogP contribution is -2.36. The van der Waals surface area contributed by atoms with Crippen LogP contribution in [0.2, 0.25) is 0 Å². The number of hydrogen-bond donors (Lipinski definition) is 1. The average molecular weight is 300 g/mol. The molecule has 21 heavy (non-hydrogen) atoms. The molecular weight excluding hydrogens is 285 g/mol. The van der Waals surface area contributed by atoms with Gasteiger partial charge < -0.3 is 15.0 Å². The summed E-state index contributed by atoms with van der Waals surface area (Å²) in [5.74, 6) is -1.06. The minimum absolute atomic E-state index is 0.123. The van der Waals surface area contributed by atoms with E-state index in [1.807, 2.05) is 42.1 Å². The van der Waals surface area contributed by atoms with Gasteiger partial charge in [0.1, 0.15) is 6.04 Å². The number of aryl methyl sites for hydroxylation is 1. The van der Waals surface area contributed by atoms with Crippen LogP contribution in [0.5, 0.6) is 0 Å². The van der Waals surface area contributed by atoms with E-state index in [9.17, 15) is 18.0 Å². The molecule has 2 rings (SSSR count). The molecule has 0 saturated heterocycles. The van der Waals surface area contributed by atoms with Crippen LogP contribution in [-0.2, 0) is 23.0 Å². The molecule has 0 aliphatic heterocycles. The maximum absolute atomic E-state index is 12.0. The third-order valence-corrected chi connectivity index (χ3v) is 3.10. The lowest BCUT2D eigenvalue weighted by molar-refractivity contribution is -0.187. The molecule has 0 aliphatic carbocycles. The largest absolute Gasteiger partial charge is 0.455 e. The lowest BCUT2D eigenvalue weighted by Gasteiger charge is -2.12. The normalized spacial score (nSPS) is 13.4. The SMILES string of the molecule is Cn1cc(C[C@H](N)C(=O)OCC(F)(F)F)c2ccccc21. The lowest BCUT2D eigenvalue weighted by atomic mass is 10.1. The van der Waals surface area contributed by atoms with E-state index in [0.29, 0.717) is 0 Å². The fourth-order valence-corrected chi connectivity index (χ4v) is 2.17. The summed E-state index contributed by atoms with van der Waals surface area (Å²) >= 11 is 0. The van der Waals surface area contributed by atoms with Crippen LogP contribution in [0, 0.1) is 0 Å². The second-order valence-corrected chi connectivity index (χ2v) is 4.82. The molecule has 0 spiro atoms. The molecule has 0 amide bonds. The van der Waals surface area contributed by atoms with Gasteiger partial charge in [0.15, 0.2) is 6.61 Å². The van der Waals surface area contributed by atoms with Crippen LogP contribution in [0.25, 0.3) is 10.9 Å². The van der Waals surface area contributed by atoms with Crippen LogP contribution in [0.1, 0.15) is 5.56 Å². The van der Waals surface area contributed by atoms with E-state index in [0.717, 1.165) is 16.5 Å². The molecule has 1 heterocycles. The van der Waals surface area contributed by atoms with Crippen molar-refractivity contribution in [2.45, 2.75) is 18.6 Å². The fourth-order valence-electron chi connectivity index (χ4n) is 2.17. The van der Waals surface area contributed by atoms with Crippen molar-refractivity contribution in [1.29, 1.82) is 0 Å². The zero-order valence-corrected chi connectivity index (χ0v) is 11.4. The zero-order chi connectivity index (χ0) is 15.6. The van der Waals surface area contributed by atoms with Gasteiger partial charge in [-0.3, -0.25) is 4.79 Å². The number of hydrogen-bond acceptors (Lipinski definition) is 3. The van der Waals surface area contributed by atoms with Crippen LogP contribution in [0.15, 0.2) is 30.5 Å². The smallest absolute Gasteiger partial charge is 0.422 e. The Bertz CT molecular complexity index is 649. The second kappa shape index (κ2) is 5.77. The third kappa shape index (κ3) is 3.75. The van der Waals surface area contributed by atoms with Crippen molar-refractivity contribution in [2.24, 2.45) is 12.8 Å². The first-order valence-corrected chi connectivity index (χ1v) is 6.30. The van der Waals surface area contributed by atoms with Gasteiger partial charge in [0, 0.05) is 30.6 Å². The highest BCUT2D eigenvalue weighted by Crippen LogP contribution is 2.21. The van der Waals surface area contributed by atoms with Gasteiger partial charge in [0.25, 0.3) is 0 Å². The maximum atomic E-state index is 12.0. The first-order chi connectivity index (χ1) is 9.78. The Hall–Kier alpha value is -2.02. The standard InChI is InChI=1S/C14H15F3N2O2/c1-19-7-9(10-4-2-3-5-12(10)19)6-11(18)13(20)21-8-14(15,16)17/h2-5,7,11H,6,8,18H2,1H3/t11-/m0/s1. The fraction of sp³-hybridized carbons (Fsp3) is 0.357. The number of halogens is 3. The average Bonchev–Trinajstić information content (AvgIpc) is 2.72. The summed E-state index contributed by atoms with van der Waals surface area (Å²) in [5.41, 5.74) is 7.39. The third-order valence-electron chi connectivity index (χ3n) is 3.10. The Morgan fingerprint density at radius 3 is 2.71 bits per heavy atom. The number of esters is 1. The highest BCUT2D eigenvalue weighted by molar-refractivity contribution is 5.85. The molecule has 2 aromatic rings. The number of aromatic nitrogens is 1. The Morgan fingerprint density at radius 2 is 2.05 bits per heavy atom. The van der Waals surface area contributed by atoms with Crippen molar-refractivity contribution < 1.29 is 22.7 Å². The van der Waals surface area contributed by atoms with Gasteiger partial charge in [0.2, 0.25) is 0 Å². The molecule has 0 aliphatic rings. The molecular formula is C14H15F3N2O2. The van der Waals surface area contributed by atoms with Crippen molar-refractivity contribution >= 4 is 16.9 Å². The predicted octanol–water partition coefficient (Wildman–Crippen LogP) is 2.15. The summed E-state index contributed by atoms with van der Waals surface area (Å²) in [5, 5.41) is 0.916. The highest BCUT2D eigenvalue weighted by atomic mass is 19.4. The Morgan fingerprint density at radius 1 is 1.38 bits per heavy atom. The van der Waals surface area contributed by atoms with E-state index in [1.165, 1.54) is 0 Å². The molecule has 4 nitrogen and oxygen atoms in total. The number of ether oxygens (including phenoxy) is 1. The number of fused-ring (bicyclic) bond motifs is 1. The maximum Gasteiger partial charge on any atom is 0.422 e. The van der Waals surface area contributed by atoms with Gasteiger partial charge >= 0.3 is 12.1 Å². The molecule has 1 atom stereocenters. The Kier molecular flexibility index (Phi) is 4.22. The Labute approximate surface area is 119 Å². The number of alkyl halides is 3. The van der Waals surface area contributed by atoms with Crippen molar-refractivity contribution in [3.05, 3.63) is 36.0 Å². The number of benzene rings is 1. The molecule has 0 bridgehead atoms. The minimum atomic E-state index is -4.55. The number of carbonyl (C=O) groups is 1. The topological polar surface area (TPSA) is 57.2 Å². The number of rotatable bonds is 4. The van der Waals surface area contributed by atoms with Crippen molar-refractivity contribution in [3.8, 4) is 0 Å². The summed E-state index contributed by atoms with van der Waals surface area (Å²) in [6, 6.07) is 6.38. The van der Waals surface area contributed by atoms with E-state index >= 15 is 0 Å². The number of nitrogens with two attached hydrogens (primary N) is 1. The summed E-state index contributed by atoms with van der Waals surface area (Å²) < 4.78 is 42.0. The van der Waals surface area contributed by atoms with Gasteiger partial charge in [-0.2, -0.15) is 13.2 Å². The van der Waals surface area contributed by atoms with Crippen molar-refractivity contribution in [3.63, 3.8) is 0 Å². The molecule has 1 aromatic carbocycles. The van der Waals surface area contributed by atoms with Gasteiger partial charge in [-0.15, -0.1) is 0 Å². The number of carbonyl (C=O) groups excluding carboxylic acids is 1. The zero-order valence-electron chi connectivity index (χ0n) is 11.4. The first kappa shape index (κ1) is 15.4. The molecule has 0 saturated carbocycles. The first-order valence-electron chi connectivity index (χ1n) is 6.30. The van der Waals surface area contributed by atoms with Gasteiger partial charge in [0.05, 0.1) is 0 Å². The van der Waals surface area contributed by atoms with Crippen LogP contribution in [0.3, 0.4) is 0 Å². The van der Waals surface area contributed by atoms with E-state index in [2.05, 4.69) is 4.74 Å². The summed E-state index contributed by atoms with van der Waals surface area (Å²) in [7, 11) is 1.85. The minimum Gasteiger partial charge on any atom is -0.455 e. The number of nitrogens with zero attached hydrogens (tertiary/aromatic N) is 1. The van der Waals surface area contributed by atoms with Crippen LogP contribution in [-0.4, -0.2) is 29.4 Å². The van der Waals surface area contributed by atoms with Crippen LogP contribution >= 0.6 is 0 Å². The van der Waals surface area contributed by atoms with Crippen molar-refractivity contribution in [1.82, 2.24) is 4.57 Å². The molecule has 0 unspecified atom stereocenters. The van der Waals surface area contributed by atoms with E-state index in [-0.39, 0.29) is 6.42 Å². The molecule has 0 fully saturated rings. The number of para-hydroxylation sites is 1. The molecule has 7 heteroatoms. The monoisotopic (exact) mass is 300 g/mol. The summed E-state index contributed by atoms with van der Waals surface area (Å²) in [4.78, 5) is 11.5. The van der Waals surface area contributed by atoms with Gasteiger partial charge in [-0.1, -0.05) is 18.2 Å². The predicted molar refractivity (Wildman–Crippen MR) is 71.6 cm³/mol. The van der Waals surface area contributed by atoms with Gasteiger partial charge in [-0.25, -0.2) is 0 Å². The summed E-state index contributed by atoms with van der Waals surface area (Å²) in [6.45, 7) is -1.62.